The van der Waals surface area contributed by atoms with E-state index in [4.69, 9.17) is 10.5 Å². The SMILES string of the molecule is NC[C@H]1CCC[C@H]1C(=O)NCc1ccccc1CN1CCOCC1. The lowest BCUT2D eigenvalue weighted by atomic mass is 9.95. The molecule has 0 aromatic heterocycles. The van der Waals surface area contributed by atoms with Crippen molar-refractivity contribution in [1.29, 1.82) is 0 Å². The number of carbonyl (C=O) groups is 1. The topological polar surface area (TPSA) is 67.6 Å². The quantitative estimate of drug-likeness (QED) is 0.829. The Bertz CT molecular complexity index is 543. The average molecular weight is 331 g/mol. The summed E-state index contributed by atoms with van der Waals surface area (Å²) in [7, 11) is 0. The Morgan fingerprint density at radius 3 is 2.71 bits per heavy atom. The van der Waals surface area contributed by atoms with Crippen molar-refractivity contribution in [2.24, 2.45) is 17.6 Å². The van der Waals surface area contributed by atoms with Gasteiger partial charge in [-0.2, -0.15) is 0 Å². The lowest BCUT2D eigenvalue weighted by Gasteiger charge is -2.27. The molecule has 2 aliphatic rings. The van der Waals surface area contributed by atoms with Gasteiger partial charge < -0.3 is 15.8 Å². The fourth-order valence-corrected chi connectivity index (χ4v) is 3.86. The highest BCUT2D eigenvalue weighted by molar-refractivity contribution is 5.79. The number of ether oxygens (including phenoxy) is 1. The smallest absolute Gasteiger partial charge is 0.223 e. The zero-order valence-corrected chi connectivity index (χ0v) is 14.4. The van der Waals surface area contributed by atoms with E-state index in [-0.39, 0.29) is 11.8 Å². The summed E-state index contributed by atoms with van der Waals surface area (Å²) >= 11 is 0. The number of morpholine rings is 1. The molecule has 0 unspecified atom stereocenters. The van der Waals surface area contributed by atoms with E-state index in [1.54, 1.807) is 0 Å². The Morgan fingerprint density at radius 1 is 1.21 bits per heavy atom. The zero-order valence-electron chi connectivity index (χ0n) is 14.4. The minimum absolute atomic E-state index is 0.0985. The molecule has 3 rings (SSSR count). The van der Waals surface area contributed by atoms with Crippen LogP contribution in [0, 0.1) is 11.8 Å². The van der Waals surface area contributed by atoms with E-state index in [9.17, 15) is 4.79 Å². The molecule has 24 heavy (non-hydrogen) atoms. The highest BCUT2D eigenvalue weighted by Gasteiger charge is 2.31. The molecule has 1 saturated heterocycles. The summed E-state index contributed by atoms with van der Waals surface area (Å²) in [6.45, 7) is 5.70. The molecule has 5 heteroatoms. The van der Waals surface area contributed by atoms with E-state index in [1.807, 2.05) is 6.07 Å². The van der Waals surface area contributed by atoms with Crippen molar-refractivity contribution in [3.63, 3.8) is 0 Å². The third-order valence-electron chi connectivity index (χ3n) is 5.37. The summed E-state index contributed by atoms with van der Waals surface area (Å²) < 4.78 is 5.42. The molecule has 1 aliphatic heterocycles. The van der Waals surface area contributed by atoms with Crippen LogP contribution in [-0.4, -0.2) is 43.7 Å². The van der Waals surface area contributed by atoms with E-state index in [0.717, 1.165) is 52.1 Å². The second-order valence-electron chi connectivity index (χ2n) is 6.91. The lowest BCUT2D eigenvalue weighted by molar-refractivity contribution is -0.126. The molecular weight excluding hydrogens is 302 g/mol. The molecule has 1 amide bonds. The van der Waals surface area contributed by atoms with Gasteiger partial charge in [-0.05, 0) is 36.4 Å². The van der Waals surface area contributed by atoms with Crippen LogP contribution in [0.15, 0.2) is 24.3 Å². The monoisotopic (exact) mass is 331 g/mol. The van der Waals surface area contributed by atoms with E-state index >= 15 is 0 Å². The maximum Gasteiger partial charge on any atom is 0.223 e. The second-order valence-corrected chi connectivity index (χ2v) is 6.91. The zero-order chi connectivity index (χ0) is 16.8. The predicted molar refractivity (Wildman–Crippen MR) is 94.3 cm³/mol. The van der Waals surface area contributed by atoms with Gasteiger partial charge in [-0.25, -0.2) is 0 Å². The van der Waals surface area contributed by atoms with Gasteiger partial charge in [0.1, 0.15) is 0 Å². The van der Waals surface area contributed by atoms with E-state index < -0.39 is 0 Å². The van der Waals surface area contributed by atoms with Crippen LogP contribution in [0.4, 0.5) is 0 Å². The van der Waals surface area contributed by atoms with Crippen LogP contribution in [0.2, 0.25) is 0 Å². The molecule has 1 heterocycles. The van der Waals surface area contributed by atoms with Gasteiger partial charge in [0, 0.05) is 32.1 Å². The number of carbonyl (C=O) groups excluding carboxylic acids is 1. The number of nitrogens with zero attached hydrogens (tertiary/aromatic N) is 1. The van der Waals surface area contributed by atoms with Crippen LogP contribution < -0.4 is 11.1 Å². The average Bonchev–Trinajstić information content (AvgIpc) is 3.10. The summed E-state index contributed by atoms with van der Waals surface area (Å²) in [5.41, 5.74) is 8.30. The summed E-state index contributed by atoms with van der Waals surface area (Å²) in [5.74, 6) is 0.624. The van der Waals surface area contributed by atoms with E-state index in [0.29, 0.717) is 19.0 Å². The number of amides is 1. The number of nitrogens with two attached hydrogens (primary N) is 1. The molecule has 3 N–H and O–H groups in total. The van der Waals surface area contributed by atoms with Crippen molar-refractivity contribution in [3.05, 3.63) is 35.4 Å². The Kier molecular flexibility index (Phi) is 6.24. The second kappa shape index (κ2) is 8.60. The van der Waals surface area contributed by atoms with Gasteiger partial charge >= 0.3 is 0 Å². The Balaban J connectivity index is 1.57. The van der Waals surface area contributed by atoms with Crippen LogP contribution in [-0.2, 0) is 22.6 Å². The van der Waals surface area contributed by atoms with Gasteiger partial charge in [-0.1, -0.05) is 30.7 Å². The van der Waals surface area contributed by atoms with E-state index in [1.165, 1.54) is 11.1 Å². The molecule has 0 radical (unpaired) electrons. The Labute approximate surface area is 144 Å². The molecule has 0 bridgehead atoms. The van der Waals surface area contributed by atoms with Crippen molar-refractivity contribution in [2.45, 2.75) is 32.4 Å². The van der Waals surface area contributed by atoms with Gasteiger partial charge in [0.2, 0.25) is 5.91 Å². The van der Waals surface area contributed by atoms with Crippen LogP contribution in [0.3, 0.4) is 0 Å². The minimum Gasteiger partial charge on any atom is -0.379 e. The van der Waals surface area contributed by atoms with E-state index in [2.05, 4.69) is 28.4 Å². The predicted octanol–water partition coefficient (Wildman–Crippen LogP) is 1.51. The molecule has 5 nitrogen and oxygen atoms in total. The minimum atomic E-state index is 0.0985. The number of hydrogen-bond acceptors (Lipinski definition) is 4. The number of benzene rings is 1. The molecular formula is C19H29N3O2. The van der Waals surface area contributed by atoms with Crippen molar-refractivity contribution in [3.8, 4) is 0 Å². The van der Waals surface area contributed by atoms with Crippen molar-refractivity contribution < 1.29 is 9.53 Å². The summed E-state index contributed by atoms with van der Waals surface area (Å²) in [6, 6.07) is 8.39. The van der Waals surface area contributed by atoms with Crippen molar-refractivity contribution in [2.75, 3.05) is 32.8 Å². The highest BCUT2D eigenvalue weighted by atomic mass is 16.5. The van der Waals surface area contributed by atoms with Gasteiger partial charge in [0.15, 0.2) is 0 Å². The molecule has 1 saturated carbocycles. The third-order valence-corrected chi connectivity index (χ3v) is 5.37. The lowest BCUT2D eigenvalue weighted by Crippen LogP contribution is -2.37. The molecule has 1 aromatic rings. The maximum absolute atomic E-state index is 12.5. The standard InChI is InChI=1S/C19H29N3O2/c20-12-15-6-3-7-18(15)19(23)21-13-16-4-1-2-5-17(16)14-22-8-10-24-11-9-22/h1-2,4-5,15,18H,3,6-14,20H2,(H,21,23)/t15-,18-/m1/s1. The van der Waals surface area contributed by atoms with Crippen LogP contribution in [0.1, 0.15) is 30.4 Å². The number of nitrogens with one attached hydrogen (secondary N) is 1. The van der Waals surface area contributed by atoms with Crippen molar-refractivity contribution in [1.82, 2.24) is 10.2 Å². The normalized spacial score (nSPS) is 24.9. The Hall–Kier alpha value is -1.43. The molecule has 2 fully saturated rings. The van der Waals surface area contributed by atoms with Crippen LogP contribution >= 0.6 is 0 Å². The summed E-state index contributed by atoms with van der Waals surface area (Å²) in [5, 5.41) is 3.15. The molecule has 132 valence electrons. The summed E-state index contributed by atoms with van der Waals surface area (Å²) in [6.07, 6.45) is 3.18. The fraction of sp³-hybridized carbons (Fsp3) is 0.632. The first kappa shape index (κ1) is 17.4. The number of rotatable bonds is 6. The number of hydrogen-bond donors (Lipinski definition) is 2. The Morgan fingerprint density at radius 2 is 1.96 bits per heavy atom. The fourth-order valence-electron chi connectivity index (χ4n) is 3.86. The van der Waals surface area contributed by atoms with Gasteiger partial charge in [-0.3, -0.25) is 9.69 Å². The summed E-state index contributed by atoms with van der Waals surface area (Å²) in [4.78, 5) is 14.9. The van der Waals surface area contributed by atoms with Crippen LogP contribution in [0.5, 0.6) is 0 Å². The van der Waals surface area contributed by atoms with Gasteiger partial charge in [0.25, 0.3) is 0 Å². The third kappa shape index (κ3) is 4.35. The first-order valence-electron chi connectivity index (χ1n) is 9.12. The first-order valence-corrected chi connectivity index (χ1v) is 9.12. The molecule has 0 spiro atoms. The van der Waals surface area contributed by atoms with Crippen LogP contribution in [0.25, 0.3) is 0 Å². The largest absolute Gasteiger partial charge is 0.379 e. The maximum atomic E-state index is 12.5. The van der Waals surface area contributed by atoms with Gasteiger partial charge in [-0.15, -0.1) is 0 Å². The van der Waals surface area contributed by atoms with Gasteiger partial charge in [0.05, 0.1) is 13.2 Å². The highest BCUT2D eigenvalue weighted by Crippen LogP contribution is 2.31. The first-order chi connectivity index (χ1) is 11.8. The molecule has 2 atom stereocenters. The van der Waals surface area contributed by atoms with Crippen molar-refractivity contribution >= 4 is 5.91 Å². The molecule has 1 aromatic carbocycles. The molecule has 1 aliphatic carbocycles.